The standard InChI is InChI=1S/C23H32N4O2.HI/c1-24-23(26-20-9-10-21(28-2)22(15-20)29-3)25-16-19-12-14-27(17-19)13-11-18-7-5-4-6-8-18;/h4-10,15,19H,11-14,16-17H2,1-3H3,(H2,24,25,26);1H. The van der Waals surface area contributed by atoms with Crippen LogP contribution in [0.15, 0.2) is 53.5 Å². The fraction of sp³-hybridized carbons (Fsp3) is 0.435. The van der Waals surface area contributed by atoms with E-state index < -0.39 is 0 Å². The molecule has 30 heavy (non-hydrogen) atoms. The van der Waals surface area contributed by atoms with E-state index in [4.69, 9.17) is 9.47 Å². The molecule has 1 aliphatic rings. The Morgan fingerprint density at radius 1 is 1.10 bits per heavy atom. The molecule has 164 valence electrons. The highest BCUT2D eigenvalue weighted by molar-refractivity contribution is 14.0. The Bertz CT molecular complexity index is 801. The minimum absolute atomic E-state index is 0. The molecule has 0 amide bonds. The van der Waals surface area contributed by atoms with Crippen LogP contribution in [0.2, 0.25) is 0 Å². The predicted molar refractivity (Wildman–Crippen MR) is 135 cm³/mol. The molecule has 1 unspecified atom stereocenters. The molecule has 0 aromatic heterocycles. The fourth-order valence-corrected chi connectivity index (χ4v) is 3.69. The van der Waals surface area contributed by atoms with E-state index in [1.54, 1.807) is 21.3 Å². The highest BCUT2D eigenvalue weighted by Gasteiger charge is 2.22. The van der Waals surface area contributed by atoms with Gasteiger partial charge in [-0.25, -0.2) is 0 Å². The van der Waals surface area contributed by atoms with Gasteiger partial charge in [0.15, 0.2) is 17.5 Å². The third kappa shape index (κ3) is 7.05. The van der Waals surface area contributed by atoms with Crippen LogP contribution in [0.1, 0.15) is 12.0 Å². The van der Waals surface area contributed by atoms with Gasteiger partial charge in [0.25, 0.3) is 0 Å². The Labute approximate surface area is 197 Å². The Balaban J connectivity index is 0.00000320. The summed E-state index contributed by atoms with van der Waals surface area (Å²) in [7, 11) is 5.06. The molecule has 1 fully saturated rings. The Hall–Kier alpha value is -2.00. The highest BCUT2D eigenvalue weighted by atomic mass is 127. The Morgan fingerprint density at radius 2 is 1.87 bits per heavy atom. The molecule has 1 atom stereocenters. The van der Waals surface area contributed by atoms with Gasteiger partial charge in [0, 0.05) is 38.4 Å². The third-order valence-electron chi connectivity index (χ3n) is 5.36. The summed E-state index contributed by atoms with van der Waals surface area (Å²) < 4.78 is 10.7. The zero-order valence-corrected chi connectivity index (χ0v) is 20.4. The first-order chi connectivity index (χ1) is 14.2. The summed E-state index contributed by atoms with van der Waals surface area (Å²) >= 11 is 0. The first-order valence-corrected chi connectivity index (χ1v) is 10.2. The van der Waals surface area contributed by atoms with Gasteiger partial charge in [0.05, 0.1) is 14.2 Å². The van der Waals surface area contributed by atoms with Gasteiger partial charge in [0.2, 0.25) is 0 Å². The lowest BCUT2D eigenvalue weighted by Crippen LogP contribution is -2.35. The van der Waals surface area contributed by atoms with Crippen molar-refractivity contribution in [1.82, 2.24) is 10.2 Å². The minimum Gasteiger partial charge on any atom is -0.493 e. The highest BCUT2D eigenvalue weighted by Crippen LogP contribution is 2.29. The number of benzene rings is 2. The minimum atomic E-state index is 0. The zero-order chi connectivity index (χ0) is 20.5. The second kappa shape index (κ2) is 12.6. The Morgan fingerprint density at radius 3 is 2.57 bits per heavy atom. The number of halogens is 1. The first kappa shape index (κ1) is 24.3. The molecule has 7 heteroatoms. The van der Waals surface area contributed by atoms with Crippen molar-refractivity contribution in [2.24, 2.45) is 10.9 Å². The summed E-state index contributed by atoms with van der Waals surface area (Å²) in [4.78, 5) is 6.91. The first-order valence-electron chi connectivity index (χ1n) is 10.2. The number of methoxy groups -OCH3 is 2. The van der Waals surface area contributed by atoms with E-state index in [9.17, 15) is 0 Å². The van der Waals surface area contributed by atoms with E-state index in [2.05, 4.69) is 50.9 Å². The monoisotopic (exact) mass is 524 g/mol. The van der Waals surface area contributed by atoms with Gasteiger partial charge in [-0.1, -0.05) is 30.3 Å². The summed E-state index contributed by atoms with van der Waals surface area (Å²) in [5.74, 6) is 2.80. The van der Waals surface area contributed by atoms with Crippen LogP contribution in [0.4, 0.5) is 5.69 Å². The molecule has 1 heterocycles. The lowest BCUT2D eigenvalue weighted by molar-refractivity contribution is 0.328. The number of likely N-dealkylation sites (tertiary alicyclic amines) is 1. The maximum absolute atomic E-state index is 5.37. The molecular weight excluding hydrogens is 491 g/mol. The second-order valence-electron chi connectivity index (χ2n) is 7.34. The van der Waals surface area contributed by atoms with Crippen LogP contribution in [-0.4, -0.2) is 58.3 Å². The molecular formula is C23H33IN4O2. The number of hydrogen-bond acceptors (Lipinski definition) is 4. The quantitative estimate of drug-likeness (QED) is 0.312. The number of ether oxygens (including phenoxy) is 2. The van der Waals surface area contributed by atoms with E-state index in [-0.39, 0.29) is 24.0 Å². The maximum Gasteiger partial charge on any atom is 0.195 e. The second-order valence-corrected chi connectivity index (χ2v) is 7.34. The third-order valence-corrected chi connectivity index (χ3v) is 5.36. The van der Waals surface area contributed by atoms with Gasteiger partial charge in [-0.05, 0) is 43.0 Å². The summed E-state index contributed by atoms with van der Waals surface area (Å²) in [6, 6.07) is 16.5. The number of hydrogen-bond donors (Lipinski definition) is 2. The molecule has 0 radical (unpaired) electrons. The van der Waals surface area contributed by atoms with Crippen molar-refractivity contribution in [3.05, 3.63) is 54.1 Å². The summed E-state index contributed by atoms with van der Waals surface area (Å²) in [6.45, 7) is 4.34. The van der Waals surface area contributed by atoms with Crippen LogP contribution in [0, 0.1) is 5.92 Å². The van der Waals surface area contributed by atoms with Gasteiger partial charge in [-0.2, -0.15) is 0 Å². The SMILES string of the molecule is CN=C(NCC1CCN(CCc2ccccc2)C1)Nc1ccc(OC)c(OC)c1.I. The molecule has 0 spiro atoms. The normalized spacial score (nSPS) is 16.6. The lowest BCUT2D eigenvalue weighted by Gasteiger charge is -2.18. The number of nitrogens with zero attached hydrogens (tertiary/aromatic N) is 2. The van der Waals surface area contributed by atoms with E-state index in [0.717, 1.165) is 37.7 Å². The predicted octanol–water partition coefficient (Wildman–Crippen LogP) is 3.87. The molecule has 0 aliphatic carbocycles. The van der Waals surface area contributed by atoms with Crippen LogP contribution in [0.25, 0.3) is 0 Å². The van der Waals surface area contributed by atoms with Gasteiger partial charge in [0.1, 0.15) is 0 Å². The number of aliphatic imine (C=N–C) groups is 1. The van der Waals surface area contributed by atoms with E-state index >= 15 is 0 Å². The molecule has 6 nitrogen and oxygen atoms in total. The van der Waals surface area contributed by atoms with Crippen molar-refractivity contribution in [3.63, 3.8) is 0 Å². The van der Waals surface area contributed by atoms with Crippen molar-refractivity contribution in [1.29, 1.82) is 0 Å². The van der Waals surface area contributed by atoms with Gasteiger partial charge >= 0.3 is 0 Å². The van der Waals surface area contributed by atoms with Gasteiger partial charge in [-0.15, -0.1) is 24.0 Å². The summed E-state index contributed by atoms with van der Waals surface area (Å²) in [5.41, 5.74) is 2.32. The molecule has 0 bridgehead atoms. The molecule has 3 rings (SSSR count). The van der Waals surface area contributed by atoms with Crippen molar-refractivity contribution < 1.29 is 9.47 Å². The van der Waals surface area contributed by atoms with Crippen molar-refractivity contribution in [2.45, 2.75) is 12.8 Å². The number of nitrogens with one attached hydrogen (secondary N) is 2. The fourth-order valence-electron chi connectivity index (χ4n) is 3.69. The maximum atomic E-state index is 5.37. The van der Waals surface area contributed by atoms with Crippen molar-refractivity contribution >= 4 is 35.6 Å². The molecule has 2 aromatic rings. The van der Waals surface area contributed by atoms with Crippen LogP contribution in [0.3, 0.4) is 0 Å². The van der Waals surface area contributed by atoms with Crippen LogP contribution in [0.5, 0.6) is 11.5 Å². The molecule has 1 saturated heterocycles. The molecule has 0 saturated carbocycles. The van der Waals surface area contributed by atoms with E-state index in [1.165, 1.54) is 18.5 Å². The van der Waals surface area contributed by atoms with Gasteiger partial charge in [-0.3, -0.25) is 4.99 Å². The van der Waals surface area contributed by atoms with Crippen LogP contribution < -0.4 is 20.1 Å². The average Bonchev–Trinajstić information content (AvgIpc) is 3.23. The van der Waals surface area contributed by atoms with Crippen molar-refractivity contribution in [3.8, 4) is 11.5 Å². The molecule has 2 N–H and O–H groups in total. The summed E-state index contributed by atoms with van der Waals surface area (Å²) in [6.07, 6.45) is 2.33. The summed E-state index contributed by atoms with van der Waals surface area (Å²) in [5, 5.41) is 6.79. The molecule has 1 aliphatic heterocycles. The number of anilines is 1. The van der Waals surface area contributed by atoms with Crippen LogP contribution in [-0.2, 0) is 6.42 Å². The molecule has 2 aromatic carbocycles. The van der Waals surface area contributed by atoms with Gasteiger partial charge < -0.3 is 25.0 Å². The largest absolute Gasteiger partial charge is 0.493 e. The average molecular weight is 524 g/mol. The van der Waals surface area contributed by atoms with E-state index in [1.807, 2.05) is 18.2 Å². The lowest BCUT2D eigenvalue weighted by atomic mass is 10.1. The zero-order valence-electron chi connectivity index (χ0n) is 18.1. The topological polar surface area (TPSA) is 58.1 Å². The van der Waals surface area contributed by atoms with Crippen molar-refractivity contribution in [2.75, 3.05) is 52.8 Å². The van der Waals surface area contributed by atoms with Crippen LogP contribution >= 0.6 is 24.0 Å². The smallest absolute Gasteiger partial charge is 0.195 e. The number of guanidine groups is 1. The Kier molecular flexibility index (Phi) is 10.2. The number of rotatable bonds is 8. The van der Waals surface area contributed by atoms with E-state index in [0.29, 0.717) is 17.4 Å².